The number of fused-ring (bicyclic) bond motifs is 1. The van der Waals surface area contributed by atoms with Crippen LogP contribution in [0.1, 0.15) is 22.5 Å². The third-order valence-electron chi connectivity index (χ3n) is 3.27. The first-order chi connectivity index (χ1) is 9.19. The molecule has 2 nitrogen and oxygen atoms in total. The number of alkyl halides is 1. The van der Waals surface area contributed by atoms with E-state index in [1.165, 1.54) is 23.5 Å². The van der Waals surface area contributed by atoms with Crippen LogP contribution in [0.25, 0.3) is 10.1 Å². The molecule has 5 heteroatoms. The van der Waals surface area contributed by atoms with Gasteiger partial charge in [0, 0.05) is 23.2 Å². The van der Waals surface area contributed by atoms with Crippen molar-refractivity contribution in [1.82, 2.24) is 4.90 Å². The smallest absolute Gasteiger partial charge is 0.264 e. The van der Waals surface area contributed by atoms with Crippen molar-refractivity contribution >= 4 is 38.9 Å². The molecular formula is C14H13ClFNOS. The molecule has 0 radical (unpaired) electrons. The van der Waals surface area contributed by atoms with Crippen LogP contribution in [-0.4, -0.2) is 29.3 Å². The fourth-order valence-electron chi connectivity index (χ4n) is 2.18. The third kappa shape index (κ3) is 2.60. The van der Waals surface area contributed by atoms with Gasteiger partial charge in [-0.3, -0.25) is 4.79 Å². The van der Waals surface area contributed by atoms with E-state index in [1.807, 2.05) is 11.0 Å². The molecule has 1 heterocycles. The second kappa shape index (κ2) is 5.10. The second-order valence-electron chi connectivity index (χ2n) is 4.71. The number of carbonyl (C=O) groups is 1. The molecule has 0 unspecified atom stereocenters. The molecule has 0 aliphatic heterocycles. The maximum Gasteiger partial charge on any atom is 0.264 e. The van der Waals surface area contributed by atoms with Gasteiger partial charge >= 0.3 is 0 Å². The molecule has 19 heavy (non-hydrogen) atoms. The summed E-state index contributed by atoms with van der Waals surface area (Å²) in [7, 11) is 0. The minimum atomic E-state index is -0.270. The van der Waals surface area contributed by atoms with E-state index in [0.717, 1.165) is 22.9 Å². The average molecular weight is 298 g/mol. The van der Waals surface area contributed by atoms with E-state index >= 15 is 0 Å². The molecule has 100 valence electrons. The summed E-state index contributed by atoms with van der Waals surface area (Å²) in [5.74, 6) is 0.194. The quantitative estimate of drug-likeness (QED) is 0.784. The zero-order valence-electron chi connectivity index (χ0n) is 10.2. The average Bonchev–Trinajstić information content (AvgIpc) is 3.14. The Morgan fingerprint density at radius 3 is 2.89 bits per heavy atom. The lowest BCUT2D eigenvalue weighted by molar-refractivity contribution is 0.0758. The van der Waals surface area contributed by atoms with Gasteiger partial charge in [0.15, 0.2) is 0 Å². The molecule has 0 bridgehead atoms. The van der Waals surface area contributed by atoms with Crippen LogP contribution in [0, 0.1) is 5.82 Å². The molecule has 0 N–H and O–H groups in total. The normalized spacial score (nSPS) is 14.8. The molecule has 2 aromatic rings. The second-order valence-corrected chi connectivity index (χ2v) is 6.17. The van der Waals surface area contributed by atoms with Gasteiger partial charge in [0.2, 0.25) is 0 Å². The highest BCUT2D eigenvalue weighted by molar-refractivity contribution is 7.20. The Hall–Kier alpha value is -1.13. The Balaban J connectivity index is 1.91. The number of nitrogens with zero attached hydrogens (tertiary/aromatic N) is 1. The Labute approximate surface area is 119 Å². The molecule has 1 aliphatic carbocycles. The number of hydrogen-bond donors (Lipinski definition) is 0. The first-order valence-electron chi connectivity index (χ1n) is 6.25. The number of benzene rings is 1. The molecule has 1 aromatic heterocycles. The number of carbonyl (C=O) groups excluding carboxylic acids is 1. The summed E-state index contributed by atoms with van der Waals surface area (Å²) in [6.07, 6.45) is 2.12. The molecule has 0 saturated heterocycles. The van der Waals surface area contributed by atoms with E-state index in [2.05, 4.69) is 0 Å². The van der Waals surface area contributed by atoms with Crippen molar-refractivity contribution in [3.8, 4) is 0 Å². The molecule has 0 atom stereocenters. The maximum atomic E-state index is 13.2. The van der Waals surface area contributed by atoms with E-state index < -0.39 is 0 Å². The minimum Gasteiger partial charge on any atom is -0.334 e. The van der Waals surface area contributed by atoms with Gasteiger partial charge in [0.05, 0.1) is 4.88 Å². The standard InChI is InChI=1S/C14H13ClFNOS/c15-5-6-17(11-3-4-11)14(18)13-7-9-1-2-10(16)8-12(9)19-13/h1-2,7-8,11H,3-6H2. The number of rotatable bonds is 4. The highest BCUT2D eigenvalue weighted by atomic mass is 35.5. The van der Waals surface area contributed by atoms with Crippen LogP contribution in [0.2, 0.25) is 0 Å². The SMILES string of the molecule is O=C(c1cc2ccc(F)cc2s1)N(CCCl)C1CC1. The highest BCUT2D eigenvalue weighted by Crippen LogP contribution is 2.32. The van der Waals surface area contributed by atoms with E-state index in [-0.39, 0.29) is 11.7 Å². The zero-order valence-corrected chi connectivity index (χ0v) is 11.8. The third-order valence-corrected chi connectivity index (χ3v) is 4.52. The van der Waals surface area contributed by atoms with Crippen LogP contribution < -0.4 is 0 Å². The number of hydrogen-bond acceptors (Lipinski definition) is 2. The Morgan fingerprint density at radius 1 is 1.42 bits per heavy atom. The Morgan fingerprint density at radius 2 is 2.21 bits per heavy atom. The first kappa shape index (κ1) is 12.9. The van der Waals surface area contributed by atoms with Crippen molar-refractivity contribution in [2.75, 3.05) is 12.4 Å². The van der Waals surface area contributed by atoms with Gasteiger partial charge in [-0.25, -0.2) is 4.39 Å². The molecule has 1 fully saturated rings. The molecule has 1 aromatic carbocycles. The van der Waals surface area contributed by atoms with Crippen molar-refractivity contribution in [3.63, 3.8) is 0 Å². The lowest BCUT2D eigenvalue weighted by Crippen LogP contribution is -2.34. The topological polar surface area (TPSA) is 20.3 Å². The van der Waals surface area contributed by atoms with Crippen molar-refractivity contribution in [3.05, 3.63) is 35.0 Å². The van der Waals surface area contributed by atoms with Gasteiger partial charge in [-0.2, -0.15) is 0 Å². The molecule has 0 spiro atoms. The largest absolute Gasteiger partial charge is 0.334 e. The van der Waals surface area contributed by atoms with Crippen molar-refractivity contribution in [1.29, 1.82) is 0 Å². The van der Waals surface area contributed by atoms with Crippen LogP contribution in [0.5, 0.6) is 0 Å². The predicted molar refractivity (Wildman–Crippen MR) is 76.6 cm³/mol. The molecule has 3 rings (SSSR count). The molecule has 1 aliphatic rings. The summed E-state index contributed by atoms with van der Waals surface area (Å²) in [6.45, 7) is 0.577. The Kier molecular flexibility index (Phi) is 3.46. The van der Waals surface area contributed by atoms with Gasteiger partial charge in [0.1, 0.15) is 5.82 Å². The van der Waals surface area contributed by atoms with E-state index in [0.29, 0.717) is 23.3 Å². The fourth-order valence-corrected chi connectivity index (χ4v) is 3.40. The lowest BCUT2D eigenvalue weighted by Gasteiger charge is -2.20. The van der Waals surface area contributed by atoms with E-state index in [4.69, 9.17) is 11.6 Å². The van der Waals surface area contributed by atoms with Crippen LogP contribution in [0.15, 0.2) is 24.3 Å². The lowest BCUT2D eigenvalue weighted by atomic mass is 10.2. The minimum absolute atomic E-state index is 0.0183. The highest BCUT2D eigenvalue weighted by Gasteiger charge is 2.33. The fraction of sp³-hybridized carbons (Fsp3) is 0.357. The summed E-state index contributed by atoms with van der Waals surface area (Å²) in [4.78, 5) is 15.0. The zero-order chi connectivity index (χ0) is 13.4. The van der Waals surface area contributed by atoms with Gasteiger partial charge in [-0.1, -0.05) is 6.07 Å². The van der Waals surface area contributed by atoms with Gasteiger partial charge in [-0.15, -0.1) is 22.9 Å². The van der Waals surface area contributed by atoms with Crippen LogP contribution in [0.4, 0.5) is 4.39 Å². The number of thiophene rings is 1. The first-order valence-corrected chi connectivity index (χ1v) is 7.60. The summed E-state index contributed by atoms with van der Waals surface area (Å²) in [6, 6.07) is 6.78. The summed E-state index contributed by atoms with van der Waals surface area (Å²) >= 11 is 7.10. The molecular weight excluding hydrogens is 285 g/mol. The van der Waals surface area contributed by atoms with Crippen LogP contribution in [0.3, 0.4) is 0 Å². The Bertz CT molecular complexity index is 623. The van der Waals surface area contributed by atoms with Gasteiger partial charge in [-0.05, 0) is 36.4 Å². The van der Waals surface area contributed by atoms with Crippen molar-refractivity contribution in [2.45, 2.75) is 18.9 Å². The summed E-state index contributed by atoms with van der Waals surface area (Å²) in [5, 5.41) is 0.913. The monoisotopic (exact) mass is 297 g/mol. The molecule has 1 saturated carbocycles. The summed E-state index contributed by atoms with van der Waals surface area (Å²) < 4.78 is 14.0. The summed E-state index contributed by atoms with van der Waals surface area (Å²) in [5.41, 5.74) is 0. The van der Waals surface area contributed by atoms with E-state index in [1.54, 1.807) is 6.07 Å². The predicted octanol–water partition coefficient (Wildman–Crippen LogP) is 3.88. The van der Waals surface area contributed by atoms with Crippen LogP contribution >= 0.6 is 22.9 Å². The number of halogens is 2. The molecule has 1 amide bonds. The maximum absolute atomic E-state index is 13.2. The van der Waals surface area contributed by atoms with E-state index in [9.17, 15) is 9.18 Å². The van der Waals surface area contributed by atoms with Gasteiger partial charge < -0.3 is 4.90 Å². The van der Waals surface area contributed by atoms with Crippen molar-refractivity contribution < 1.29 is 9.18 Å². The van der Waals surface area contributed by atoms with Crippen molar-refractivity contribution in [2.24, 2.45) is 0 Å². The van der Waals surface area contributed by atoms with Crippen LogP contribution in [-0.2, 0) is 0 Å². The van der Waals surface area contributed by atoms with Gasteiger partial charge in [0.25, 0.3) is 5.91 Å². The number of amides is 1.